The number of ether oxygens (including phenoxy) is 1. The molecular formula is C19H18ClF3N8O2. The van der Waals surface area contributed by atoms with Crippen molar-refractivity contribution in [3.8, 4) is 11.7 Å². The predicted octanol–water partition coefficient (Wildman–Crippen LogP) is 2.92. The van der Waals surface area contributed by atoms with Crippen LogP contribution in [-0.2, 0) is 0 Å². The van der Waals surface area contributed by atoms with Gasteiger partial charge in [0.1, 0.15) is 11.9 Å². The summed E-state index contributed by atoms with van der Waals surface area (Å²) in [5.41, 5.74) is 6.70. The van der Waals surface area contributed by atoms with E-state index >= 15 is 0 Å². The van der Waals surface area contributed by atoms with Crippen molar-refractivity contribution in [2.75, 3.05) is 12.4 Å². The standard InChI is InChI=1S/C19H18ClF3N8O2/c1-25-17-29-15(31(30-17)18-26-7-12(20)8-27-18)14(24)28-16(32)11-4-10(9-2-3-9)5-13(6-11)33-19(21,22)23/h4-9,14H,2-3,24H2,1H3,(H,25,30)(H,28,32)/t14-/m1/s1. The number of nitrogens with two attached hydrogens (primary N) is 1. The maximum absolute atomic E-state index is 12.9. The summed E-state index contributed by atoms with van der Waals surface area (Å²) in [5.74, 6) is -0.726. The van der Waals surface area contributed by atoms with E-state index in [1.807, 2.05) is 0 Å². The van der Waals surface area contributed by atoms with Crippen LogP contribution in [-0.4, -0.2) is 44.0 Å². The van der Waals surface area contributed by atoms with Crippen molar-refractivity contribution in [1.82, 2.24) is 30.0 Å². The minimum absolute atomic E-state index is 0.0308. The summed E-state index contributed by atoms with van der Waals surface area (Å²) in [7, 11) is 1.59. The van der Waals surface area contributed by atoms with E-state index in [9.17, 15) is 18.0 Å². The molecule has 1 aliphatic carbocycles. The number of nitrogens with zero attached hydrogens (tertiary/aromatic N) is 5. The highest BCUT2D eigenvalue weighted by Gasteiger charge is 2.33. The van der Waals surface area contributed by atoms with Crippen LogP contribution in [0.5, 0.6) is 5.75 Å². The van der Waals surface area contributed by atoms with Crippen molar-refractivity contribution < 1.29 is 22.7 Å². The number of halogens is 4. The number of hydrogen-bond donors (Lipinski definition) is 3. The third-order valence-electron chi connectivity index (χ3n) is 4.69. The summed E-state index contributed by atoms with van der Waals surface area (Å²) < 4.78 is 43.4. The number of aromatic nitrogens is 5. The molecule has 0 saturated heterocycles. The van der Waals surface area contributed by atoms with E-state index in [4.69, 9.17) is 17.3 Å². The second-order valence-corrected chi connectivity index (χ2v) is 7.66. The van der Waals surface area contributed by atoms with Crippen molar-refractivity contribution in [3.05, 3.63) is 52.6 Å². The van der Waals surface area contributed by atoms with E-state index < -0.39 is 24.2 Å². The van der Waals surface area contributed by atoms with Crippen molar-refractivity contribution in [1.29, 1.82) is 0 Å². The molecule has 1 fully saturated rings. The number of carbonyl (C=O) groups excluding carboxylic acids is 1. The van der Waals surface area contributed by atoms with Crippen LogP contribution in [0.25, 0.3) is 5.95 Å². The number of nitrogens with one attached hydrogen (secondary N) is 2. The van der Waals surface area contributed by atoms with Gasteiger partial charge in [-0.1, -0.05) is 11.6 Å². The Balaban J connectivity index is 1.60. The second kappa shape index (κ2) is 8.83. The first-order chi connectivity index (χ1) is 15.6. The molecule has 2 aromatic heterocycles. The van der Waals surface area contributed by atoms with E-state index in [-0.39, 0.29) is 29.2 Å². The van der Waals surface area contributed by atoms with Crippen molar-refractivity contribution in [2.24, 2.45) is 5.73 Å². The van der Waals surface area contributed by atoms with Crippen LogP contribution in [0.2, 0.25) is 5.02 Å². The Morgan fingerprint density at radius 1 is 1.27 bits per heavy atom. The molecule has 0 aliphatic heterocycles. The van der Waals surface area contributed by atoms with Crippen LogP contribution in [0.3, 0.4) is 0 Å². The smallest absolute Gasteiger partial charge is 0.406 e. The summed E-state index contributed by atoms with van der Waals surface area (Å²) >= 11 is 5.82. The summed E-state index contributed by atoms with van der Waals surface area (Å²) in [6, 6.07) is 3.82. The molecule has 1 aromatic carbocycles. The van der Waals surface area contributed by atoms with Crippen LogP contribution in [0.4, 0.5) is 19.1 Å². The molecule has 3 aromatic rings. The number of amides is 1. The predicted molar refractivity (Wildman–Crippen MR) is 111 cm³/mol. The highest BCUT2D eigenvalue weighted by atomic mass is 35.5. The maximum Gasteiger partial charge on any atom is 0.573 e. The van der Waals surface area contributed by atoms with Gasteiger partial charge in [-0.15, -0.1) is 18.3 Å². The van der Waals surface area contributed by atoms with Gasteiger partial charge in [0.25, 0.3) is 11.9 Å². The van der Waals surface area contributed by atoms with Gasteiger partial charge in [0, 0.05) is 12.6 Å². The molecule has 4 rings (SSSR count). The molecule has 0 spiro atoms. The summed E-state index contributed by atoms with van der Waals surface area (Å²) in [5, 5.41) is 9.75. The highest BCUT2D eigenvalue weighted by molar-refractivity contribution is 6.30. The summed E-state index contributed by atoms with van der Waals surface area (Å²) in [6.07, 6.45) is -1.72. The Morgan fingerprint density at radius 3 is 2.58 bits per heavy atom. The van der Waals surface area contributed by atoms with Crippen LogP contribution >= 0.6 is 11.6 Å². The lowest BCUT2D eigenvalue weighted by molar-refractivity contribution is -0.274. The fraction of sp³-hybridized carbons (Fsp3) is 0.316. The Bertz CT molecular complexity index is 1160. The topological polar surface area (TPSA) is 133 Å². The third kappa shape index (κ3) is 5.49. The molecule has 0 bridgehead atoms. The van der Waals surface area contributed by atoms with E-state index in [1.165, 1.54) is 29.2 Å². The molecule has 33 heavy (non-hydrogen) atoms. The first-order valence-electron chi connectivity index (χ1n) is 9.73. The number of alkyl halides is 3. The van der Waals surface area contributed by atoms with Crippen LogP contribution < -0.4 is 21.1 Å². The zero-order valence-corrected chi connectivity index (χ0v) is 17.9. The average Bonchev–Trinajstić information content (AvgIpc) is 3.51. The van der Waals surface area contributed by atoms with Crippen LogP contribution in [0.1, 0.15) is 46.7 Å². The minimum Gasteiger partial charge on any atom is -0.406 e. The molecule has 10 nitrogen and oxygen atoms in total. The first kappa shape index (κ1) is 22.7. The third-order valence-corrected chi connectivity index (χ3v) is 4.89. The molecule has 4 N–H and O–H groups in total. The maximum atomic E-state index is 12.9. The van der Waals surface area contributed by atoms with Gasteiger partial charge in [-0.25, -0.2) is 9.97 Å². The van der Waals surface area contributed by atoms with Gasteiger partial charge in [-0.2, -0.15) is 9.67 Å². The fourth-order valence-electron chi connectivity index (χ4n) is 3.08. The van der Waals surface area contributed by atoms with E-state index in [0.717, 1.165) is 18.9 Å². The molecule has 14 heteroatoms. The zero-order valence-electron chi connectivity index (χ0n) is 17.1. The lowest BCUT2D eigenvalue weighted by atomic mass is 10.1. The Labute approximate surface area is 190 Å². The number of rotatable bonds is 7. The van der Waals surface area contributed by atoms with Crippen molar-refractivity contribution in [3.63, 3.8) is 0 Å². The molecule has 174 valence electrons. The lowest BCUT2D eigenvalue weighted by Gasteiger charge is -2.16. The first-order valence-corrected chi connectivity index (χ1v) is 10.1. The number of hydrogen-bond acceptors (Lipinski definition) is 8. The zero-order chi connectivity index (χ0) is 23.8. The van der Waals surface area contributed by atoms with Crippen molar-refractivity contribution >= 4 is 23.5 Å². The molecule has 1 atom stereocenters. The molecule has 1 amide bonds. The average molecular weight is 483 g/mol. The van der Waals surface area contributed by atoms with Gasteiger partial charge in [0.05, 0.1) is 17.4 Å². The van der Waals surface area contributed by atoms with Gasteiger partial charge >= 0.3 is 6.36 Å². The molecule has 0 radical (unpaired) electrons. The second-order valence-electron chi connectivity index (χ2n) is 7.22. The van der Waals surface area contributed by atoms with Gasteiger partial charge in [-0.3, -0.25) is 4.79 Å². The number of anilines is 1. The number of benzene rings is 1. The summed E-state index contributed by atoms with van der Waals surface area (Å²) in [4.78, 5) is 25.2. The molecule has 1 aliphatic rings. The monoisotopic (exact) mass is 482 g/mol. The van der Waals surface area contributed by atoms with Gasteiger partial charge in [0.2, 0.25) is 5.95 Å². The number of carbonyl (C=O) groups is 1. The normalized spacial score (nSPS) is 14.6. The lowest BCUT2D eigenvalue weighted by Crippen LogP contribution is -2.36. The SMILES string of the molecule is CNc1nc([C@H](N)NC(=O)c2cc(OC(F)(F)F)cc(C3CC3)c2)n(-c2ncc(Cl)cn2)n1. The van der Waals surface area contributed by atoms with Gasteiger partial charge < -0.3 is 21.1 Å². The van der Waals surface area contributed by atoms with Crippen LogP contribution in [0, 0.1) is 0 Å². The largest absolute Gasteiger partial charge is 0.573 e. The van der Waals surface area contributed by atoms with Gasteiger partial charge in [-0.05, 0) is 42.5 Å². The minimum atomic E-state index is -4.88. The Morgan fingerprint density at radius 2 is 1.97 bits per heavy atom. The Hall–Kier alpha value is -3.45. The van der Waals surface area contributed by atoms with E-state index in [1.54, 1.807) is 7.05 Å². The molecular weight excluding hydrogens is 465 g/mol. The van der Waals surface area contributed by atoms with Gasteiger partial charge in [0.15, 0.2) is 5.82 Å². The molecule has 0 unspecified atom stereocenters. The summed E-state index contributed by atoms with van der Waals surface area (Å²) in [6.45, 7) is 0. The molecule has 1 saturated carbocycles. The van der Waals surface area contributed by atoms with Crippen LogP contribution in [0.15, 0.2) is 30.6 Å². The van der Waals surface area contributed by atoms with Crippen molar-refractivity contribution in [2.45, 2.75) is 31.3 Å². The van der Waals surface area contributed by atoms with E-state index in [2.05, 4.69) is 35.4 Å². The molecule has 2 heterocycles. The Kier molecular flexibility index (Phi) is 6.08. The highest BCUT2D eigenvalue weighted by Crippen LogP contribution is 2.42. The van der Waals surface area contributed by atoms with E-state index in [0.29, 0.717) is 10.6 Å². The fourth-order valence-corrected chi connectivity index (χ4v) is 3.18. The quantitative estimate of drug-likeness (QED) is 0.438.